The number of imidazole rings is 1. The molecule has 0 radical (unpaired) electrons. The second kappa shape index (κ2) is 4.37. The fourth-order valence-electron chi connectivity index (χ4n) is 2.47. The molecule has 100 valence electrons. The third-order valence-electron chi connectivity index (χ3n) is 3.73. The summed E-state index contributed by atoms with van der Waals surface area (Å²) < 4.78 is 15.4. The lowest BCUT2D eigenvalue weighted by Crippen LogP contribution is -2.04. The van der Waals surface area contributed by atoms with E-state index in [-0.39, 0.29) is 5.82 Å². The van der Waals surface area contributed by atoms with Gasteiger partial charge in [0.05, 0.1) is 0 Å². The molecule has 0 atom stereocenters. The summed E-state index contributed by atoms with van der Waals surface area (Å²) in [6.45, 7) is 4.65. The molecule has 0 bridgehead atoms. The van der Waals surface area contributed by atoms with Crippen LogP contribution in [0.25, 0.3) is 11.3 Å². The molecule has 2 aromatic rings. The number of nitrogens with zero attached hydrogens (tertiary/aromatic N) is 2. The number of halogens is 1. The predicted molar refractivity (Wildman–Crippen MR) is 74.4 cm³/mol. The van der Waals surface area contributed by atoms with Gasteiger partial charge in [-0.15, -0.1) is 0 Å². The van der Waals surface area contributed by atoms with E-state index in [1.807, 2.05) is 6.07 Å². The zero-order valence-corrected chi connectivity index (χ0v) is 11.3. The van der Waals surface area contributed by atoms with E-state index in [1.165, 1.54) is 18.9 Å². The Morgan fingerprint density at radius 3 is 2.74 bits per heavy atom. The predicted octanol–water partition coefficient (Wildman–Crippen LogP) is 3.48. The maximum Gasteiger partial charge on any atom is 0.131 e. The summed E-state index contributed by atoms with van der Waals surface area (Å²) in [6, 6.07) is 5.04. The monoisotopic (exact) mass is 259 g/mol. The van der Waals surface area contributed by atoms with Gasteiger partial charge in [0.2, 0.25) is 0 Å². The van der Waals surface area contributed by atoms with Gasteiger partial charge in [0.25, 0.3) is 0 Å². The Hall–Kier alpha value is -1.84. The standard InChI is InChI=1S/C15H18FN3/c1-3-19-14(17)13(18-15(19)10-4-5-10)11-6-7-12(16)9(2)8-11/h6-8,10H,3-5,17H2,1-2H3. The van der Waals surface area contributed by atoms with Gasteiger partial charge < -0.3 is 10.3 Å². The van der Waals surface area contributed by atoms with E-state index in [9.17, 15) is 4.39 Å². The van der Waals surface area contributed by atoms with Gasteiger partial charge in [-0.05, 0) is 50.5 Å². The second-order valence-corrected chi connectivity index (χ2v) is 5.19. The summed E-state index contributed by atoms with van der Waals surface area (Å²) >= 11 is 0. The Morgan fingerprint density at radius 1 is 1.42 bits per heavy atom. The minimum atomic E-state index is -0.195. The molecule has 1 aromatic heterocycles. The molecule has 3 nitrogen and oxygen atoms in total. The zero-order chi connectivity index (χ0) is 13.6. The lowest BCUT2D eigenvalue weighted by atomic mass is 10.1. The van der Waals surface area contributed by atoms with Gasteiger partial charge in [0.15, 0.2) is 0 Å². The molecule has 2 N–H and O–H groups in total. The number of hydrogen-bond donors (Lipinski definition) is 1. The average Bonchev–Trinajstić information content (AvgIpc) is 3.17. The molecule has 1 saturated carbocycles. The summed E-state index contributed by atoms with van der Waals surface area (Å²) in [6.07, 6.45) is 2.39. The van der Waals surface area contributed by atoms with E-state index in [0.717, 1.165) is 23.6 Å². The quantitative estimate of drug-likeness (QED) is 0.917. The van der Waals surface area contributed by atoms with Gasteiger partial charge >= 0.3 is 0 Å². The van der Waals surface area contributed by atoms with Crippen molar-refractivity contribution < 1.29 is 4.39 Å². The molecule has 0 aliphatic heterocycles. The van der Waals surface area contributed by atoms with Crippen LogP contribution in [0.2, 0.25) is 0 Å². The first-order valence-electron chi connectivity index (χ1n) is 6.74. The molecule has 1 fully saturated rings. The lowest BCUT2D eigenvalue weighted by Gasteiger charge is -2.05. The van der Waals surface area contributed by atoms with Crippen LogP contribution in [0.1, 0.15) is 37.1 Å². The van der Waals surface area contributed by atoms with Gasteiger partial charge in [0, 0.05) is 18.0 Å². The fourth-order valence-corrected chi connectivity index (χ4v) is 2.47. The third kappa shape index (κ3) is 2.01. The largest absolute Gasteiger partial charge is 0.383 e. The van der Waals surface area contributed by atoms with Gasteiger partial charge in [0.1, 0.15) is 23.2 Å². The zero-order valence-electron chi connectivity index (χ0n) is 11.3. The molecular weight excluding hydrogens is 241 g/mol. The Morgan fingerprint density at radius 2 is 2.16 bits per heavy atom. The number of aromatic nitrogens is 2. The van der Waals surface area contributed by atoms with Gasteiger partial charge in [-0.3, -0.25) is 0 Å². The van der Waals surface area contributed by atoms with E-state index in [1.54, 1.807) is 13.0 Å². The van der Waals surface area contributed by atoms with E-state index < -0.39 is 0 Å². The molecule has 1 aliphatic carbocycles. The van der Waals surface area contributed by atoms with Crippen LogP contribution in [0.15, 0.2) is 18.2 Å². The number of rotatable bonds is 3. The summed E-state index contributed by atoms with van der Waals surface area (Å²) in [5.41, 5.74) is 8.51. The van der Waals surface area contributed by atoms with Crippen LogP contribution in [0, 0.1) is 12.7 Å². The molecule has 0 amide bonds. The third-order valence-corrected chi connectivity index (χ3v) is 3.73. The maximum atomic E-state index is 13.3. The van der Waals surface area contributed by atoms with Crippen molar-refractivity contribution in [3.63, 3.8) is 0 Å². The van der Waals surface area contributed by atoms with Crippen molar-refractivity contribution in [2.45, 2.75) is 39.2 Å². The molecule has 0 saturated heterocycles. The summed E-state index contributed by atoms with van der Waals surface area (Å²) in [7, 11) is 0. The summed E-state index contributed by atoms with van der Waals surface area (Å²) in [4.78, 5) is 4.70. The number of nitrogen functional groups attached to an aromatic ring is 1. The minimum absolute atomic E-state index is 0.195. The van der Waals surface area contributed by atoms with Crippen LogP contribution >= 0.6 is 0 Å². The summed E-state index contributed by atoms with van der Waals surface area (Å²) in [5, 5.41) is 0. The number of benzene rings is 1. The van der Waals surface area contributed by atoms with Crippen molar-refractivity contribution >= 4 is 5.82 Å². The first kappa shape index (κ1) is 12.2. The molecule has 4 heteroatoms. The molecule has 3 rings (SSSR count). The van der Waals surface area contributed by atoms with Crippen LogP contribution in [0.3, 0.4) is 0 Å². The number of hydrogen-bond acceptors (Lipinski definition) is 2. The highest BCUT2D eigenvalue weighted by Crippen LogP contribution is 2.42. The first-order chi connectivity index (χ1) is 9.11. The minimum Gasteiger partial charge on any atom is -0.383 e. The maximum absolute atomic E-state index is 13.3. The van der Waals surface area contributed by atoms with Crippen LogP contribution in [0.5, 0.6) is 0 Å². The fraction of sp³-hybridized carbons (Fsp3) is 0.400. The van der Waals surface area contributed by atoms with Crippen molar-refractivity contribution in [3.05, 3.63) is 35.4 Å². The van der Waals surface area contributed by atoms with Crippen LogP contribution in [-0.2, 0) is 6.54 Å². The van der Waals surface area contributed by atoms with Crippen molar-refractivity contribution in [2.75, 3.05) is 5.73 Å². The van der Waals surface area contributed by atoms with Crippen LogP contribution in [-0.4, -0.2) is 9.55 Å². The molecule has 1 aliphatic rings. The van der Waals surface area contributed by atoms with Gasteiger partial charge in [-0.2, -0.15) is 0 Å². The van der Waals surface area contributed by atoms with E-state index in [2.05, 4.69) is 11.5 Å². The second-order valence-electron chi connectivity index (χ2n) is 5.19. The van der Waals surface area contributed by atoms with Crippen LogP contribution < -0.4 is 5.73 Å². The van der Waals surface area contributed by atoms with Crippen molar-refractivity contribution in [1.82, 2.24) is 9.55 Å². The molecule has 19 heavy (non-hydrogen) atoms. The molecule has 0 spiro atoms. The molecule has 0 unspecified atom stereocenters. The van der Waals surface area contributed by atoms with Crippen molar-refractivity contribution in [3.8, 4) is 11.3 Å². The number of anilines is 1. The highest BCUT2D eigenvalue weighted by Gasteiger charge is 2.30. The Labute approximate surface area is 112 Å². The number of aryl methyl sites for hydroxylation is 1. The van der Waals surface area contributed by atoms with Crippen LogP contribution in [0.4, 0.5) is 10.2 Å². The van der Waals surface area contributed by atoms with E-state index >= 15 is 0 Å². The van der Waals surface area contributed by atoms with E-state index in [0.29, 0.717) is 17.3 Å². The first-order valence-corrected chi connectivity index (χ1v) is 6.74. The summed E-state index contributed by atoms with van der Waals surface area (Å²) in [5.74, 6) is 2.13. The van der Waals surface area contributed by atoms with Crippen molar-refractivity contribution in [1.29, 1.82) is 0 Å². The van der Waals surface area contributed by atoms with Crippen molar-refractivity contribution in [2.24, 2.45) is 0 Å². The normalized spacial score (nSPS) is 14.9. The number of nitrogens with two attached hydrogens (primary N) is 1. The average molecular weight is 259 g/mol. The van der Waals surface area contributed by atoms with Gasteiger partial charge in [-0.1, -0.05) is 0 Å². The highest BCUT2D eigenvalue weighted by molar-refractivity contribution is 5.71. The molecule has 1 aromatic carbocycles. The lowest BCUT2D eigenvalue weighted by molar-refractivity contribution is 0.619. The Kier molecular flexibility index (Phi) is 2.81. The Balaban J connectivity index is 2.11. The van der Waals surface area contributed by atoms with E-state index in [4.69, 9.17) is 10.7 Å². The molecule has 1 heterocycles. The Bertz CT molecular complexity index is 627. The SMILES string of the molecule is CCn1c(C2CC2)nc(-c2ccc(F)c(C)c2)c1N. The highest BCUT2D eigenvalue weighted by atomic mass is 19.1. The van der Waals surface area contributed by atoms with Gasteiger partial charge in [-0.25, -0.2) is 9.37 Å². The topological polar surface area (TPSA) is 43.8 Å². The molecular formula is C15H18FN3. The smallest absolute Gasteiger partial charge is 0.131 e.